The van der Waals surface area contributed by atoms with Gasteiger partial charge in [-0.1, -0.05) is 38.4 Å². The Balaban J connectivity index is 1.77. The van der Waals surface area contributed by atoms with Crippen molar-refractivity contribution >= 4 is 49.8 Å². The number of nitriles is 1. The number of carbonyl (C=O) groups excluding carboxylic acids is 1. The van der Waals surface area contributed by atoms with E-state index in [0.717, 1.165) is 12.3 Å². The molecule has 0 radical (unpaired) electrons. The van der Waals surface area contributed by atoms with E-state index >= 15 is 0 Å². The maximum atomic E-state index is 13.7. The summed E-state index contributed by atoms with van der Waals surface area (Å²) in [5.74, 6) is -1.56. The summed E-state index contributed by atoms with van der Waals surface area (Å²) in [5.41, 5.74) is 7.42. The highest BCUT2D eigenvalue weighted by Gasteiger charge is 2.25. The first-order valence-electron chi connectivity index (χ1n) is 12.8. The lowest BCUT2D eigenvalue weighted by Crippen LogP contribution is -2.44. The van der Waals surface area contributed by atoms with Crippen molar-refractivity contribution in [3.63, 3.8) is 0 Å². The zero-order valence-electron chi connectivity index (χ0n) is 23.6. The maximum Gasteiger partial charge on any atom is 0.254 e. The third-order valence-electron chi connectivity index (χ3n) is 5.63. The molecule has 5 N–H and O–H groups in total. The van der Waals surface area contributed by atoms with Gasteiger partial charge in [0, 0.05) is 36.2 Å². The van der Waals surface area contributed by atoms with Crippen molar-refractivity contribution in [2.75, 3.05) is 30.0 Å². The molecule has 0 saturated heterocycles. The highest BCUT2D eigenvalue weighted by atomic mass is 35.5. The van der Waals surface area contributed by atoms with Crippen LogP contribution >= 0.6 is 11.6 Å². The summed E-state index contributed by atoms with van der Waals surface area (Å²) in [6.45, 7) is 6.28. The molecule has 0 unspecified atom stereocenters. The lowest BCUT2D eigenvalue weighted by Gasteiger charge is -2.23. The van der Waals surface area contributed by atoms with Crippen molar-refractivity contribution in [1.82, 2.24) is 30.7 Å². The molecule has 2 aromatic heterocycles. The Morgan fingerprint density at radius 2 is 2.05 bits per heavy atom. The van der Waals surface area contributed by atoms with Crippen molar-refractivity contribution < 1.29 is 19.0 Å². The quantitative estimate of drug-likeness (QED) is 0.229. The Morgan fingerprint density at radius 1 is 1.29 bits per heavy atom. The van der Waals surface area contributed by atoms with Gasteiger partial charge < -0.3 is 16.1 Å². The largest absolute Gasteiger partial charge is 0.383 e. The summed E-state index contributed by atoms with van der Waals surface area (Å²) >= 11 is 6.63. The lowest BCUT2D eigenvalue weighted by atomic mass is 9.96. The molecule has 0 aliphatic carbocycles. The van der Waals surface area contributed by atoms with Crippen LogP contribution in [0.25, 0.3) is 10.9 Å². The number of rotatable bonds is 9. The van der Waals surface area contributed by atoms with E-state index < -0.39 is 34.4 Å². The molecular weight excluding hydrogens is 573 g/mol. The highest BCUT2D eigenvalue weighted by Crippen LogP contribution is 2.36. The number of amides is 1. The van der Waals surface area contributed by atoms with Gasteiger partial charge >= 0.3 is 0 Å². The number of anilines is 2. The molecule has 0 bridgehead atoms. The molecule has 3 aromatic rings. The molecule has 1 aliphatic heterocycles. The number of fused-ring (bicyclic) bond motifs is 1. The molecular formula is C26H29ClFN9O3S. The van der Waals surface area contributed by atoms with Gasteiger partial charge in [-0.25, -0.2) is 13.4 Å². The van der Waals surface area contributed by atoms with Crippen molar-refractivity contribution in [1.29, 1.82) is 5.26 Å². The van der Waals surface area contributed by atoms with Crippen molar-refractivity contribution in [2.45, 2.75) is 26.8 Å². The fraction of sp³-hybridized carbons (Fsp3) is 0.308. The van der Waals surface area contributed by atoms with Crippen LogP contribution in [-0.4, -0.2) is 48.6 Å². The molecule has 3 heterocycles. The molecule has 0 spiro atoms. The van der Waals surface area contributed by atoms with Crippen molar-refractivity contribution in [2.24, 2.45) is 5.41 Å². The zero-order valence-corrected chi connectivity index (χ0v) is 24.2. The average molecular weight is 603 g/mol. The minimum absolute atomic E-state index is 0.106. The summed E-state index contributed by atoms with van der Waals surface area (Å²) in [7, 11) is -3.77. The Hall–Kier alpha value is -4.19. The molecule has 41 heavy (non-hydrogen) atoms. The molecule has 1 aromatic carbocycles. The summed E-state index contributed by atoms with van der Waals surface area (Å²) in [6, 6.07) is 6.03. The third kappa shape index (κ3) is 7.72. The van der Waals surface area contributed by atoms with Crippen LogP contribution in [0.15, 0.2) is 48.6 Å². The molecule has 12 nitrogen and oxygen atoms in total. The Kier molecular flexibility index (Phi) is 8.11. The topological polar surface area (TPSA) is 164 Å². The van der Waals surface area contributed by atoms with Gasteiger partial charge in [-0.05, 0) is 29.2 Å². The van der Waals surface area contributed by atoms with E-state index in [0.29, 0.717) is 34.4 Å². The normalized spacial score (nSPS) is 15.3. The van der Waals surface area contributed by atoms with Gasteiger partial charge in [-0.15, -0.1) is 5.53 Å². The minimum atomic E-state index is -3.77. The summed E-state index contributed by atoms with van der Waals surface area (Å²) < 4.78 is 47.9. The molecule has 4 rings (SSSR count). The first-order valence-corrected chi connectivity index (χ1v) is 14.5. The van der Waals surface area contributed by atoms with Crippen molar-refractivity contribution in [3.05, 3.63) is 70.7 Å². The van der Waals surface area contributed by atoms with Crippen LogP contribution in [-0.2, 0) is 14.8 Å². The lowest BCUT2D eigenvalue weighted by molar-refractivity contribution is -0.120. The molecule has 1 atom stereocenters. The van der Waals surface area contributed by atoms with E-state index in [1.54, 1.807) is 12.1 Å². The number of sulfonamides is 1. The highest BCUT2D eigenvalue weighted by molar-refractivity contribution is 7.89. The maximum absolute atomic E-state index is 13.7. The Labute approximate surface area is 243 Å². The Morgan fingerprint density at radius 3 is 2.68 bits per heavy atom. The van der Waals surface area contributed by atoms with Crippen LogP contribution in [0.4, 0.5) is 15.8 Å². The second-order valence-corrected chi connectivity index (χ2v) is 12.7. The molecule has 15 heteroatoms. The Bertz CT molecular complexity index is 1710. The van der Waals surface area contributed by atoms with Gasteiger partial charge in [-0.2, -0.15) is 9.65 Å². The van der Waals surface area contributed by atoms with E-state index in [1.165, 1.54) is 29.7 Å². The molecule has 1 aliphatic rings. The first-order chi connectivity index (χ1) is 19.6. The van der Waals surface area contributed by atoms with Crippen LogP contribution in [0.1, 0.15) is 39.3 Å². The van der Waals surface area contributed by atoms with Crippen LogP contribution in [0.2, 0.25) is 5.02 Å². The van der Waals surface area contributed by atoms with Crippen LogP contribution in [0, 0.1) is 22.7 Å². The number of hydrogen-bond acceptors (Lipinski definition) is 11. The third-order valence-corrected chi connectivity index (χ3v) is 6.51. The standard InChI is InChI=1S/C26H29ClFN9O3S/c1-26(2,3)14-32-23-16(9-29)11-31-25-18(23)7-17(8-19(25)27)33-24(15-5-6-21(28)30-10-15)20-12-37(36-34-20)13-22(38)35-41(4,39)40/h5-8,10-12,24,33-34,36H,13-14H2,1-4H3,(H,31,32)(H,35,38)/t24-/m1/s1/i24D. The molecule has 0 saturated carbocycles. The van der Waals surface area contributed by atoms with Crippen LogP contribution in [0.3, 0.4) is 0 Å². The summed E-state index contributed by atoms with van der Waals surface area (Å²) in [6.07, 6.45) is 4.87. The number of hydrazine groups is 2. The van der Waals surface area contributed by atoms with Crippen molar-refractivity contribution in [3.8, 4) is 6.07 Å². The van der Waals surface area contributed by atoms with Gasteiger partial charge in [0.25, 0.3) is 5.91 Å². The van der Waals surface area contributed by atoms with E-state index in [9.17, 15) is 24.2 Å². The zero-order chi connectivity index (χ0) is 30.9. The van der Waals surface area contributed by atoms with E-state index in [-0.39, 0.29) is 21.7 Å². The number of nitrogens with zero attached hydrogens (tertiary/aromatic N) is 4. The van der Waals surface area contributed by atoms with Crippen LogP contribution < -0.4 is 26.3 Å². The second-order valence-electron chi connectivity index (χ2n) is 10.5. The second kappa shape index (κ2) is 11.7. The van der Waals surface area contributed by atoms with E-state index in [1.807, 2.05) is 25.5 Å². The molecule has 1 amide bonds. The van der Waals surface area contributed by atoms with Gasteiger partial charge in [0.2, 0.25) is 16.0 Å². The van der Waals surface area contributed by atoms with Crippen LogP contribution in [0.5, 0.6) is 0 Å². The number of carbonyl (C=O) groups is 1. The average Bonchev–Trinajstić information content (AvgIpc) is 3.34. The predicted octanol–water partition coefficient (Wildman–Crippen LogP) is 3.15. The van der Waals surface area contributed by atoms with Gasteiger partial charge in [0.1, 0.15) is 12.6 Å². The fourth-order valence-corrected chi connectivity index (χ4v) is 4.63. The number of pyridine rings is 2. The van der Waals surface area contributed by atoms with Gasteiger partial charge in [0.15, 0.2) is 0 Å². The number of aromatic nitrogens is 2. The van der Waals surface area contributed by atoms with Gasteiger partial charge in [0.05, 0.1) is 41.1 Å². The fourth-order valence-electron chi connectivity index (χ4n) is 3.88. The SMILES string of the molecule is [2H][C@](Nc1cc(Cl)c2ncc(C#N)c(NCC(C)(C)C)c2c1)(C1=CN(CC(=O)NS(C)(=O)=O)NN1)c1ccc(F)nc1. The van der Waals surface area contributed by atoms with E-state index in [2.05, 4.69) is 37.6 Å². The monoisotopic (exact) mass is 602 g/mol. The number of halogens is 2. The minimum Gasteiger partial charge on any atom is -0.383 e. The summed E-state index contributed by atoms with van der Waals surface area (Å²) in [4.78, 5) is 20.2. The smallest absolute Gasteiger partial charge is 0.254 e. The first kappa shape index (κ1) is 28.3. The molecule has 0 fully saturated rings. The van der Waals surface area contributed by atoms with E-state index in [4.69, 9.17) is 11.6 Å². The number of benzene rings is 1. The summed E-state index contributed by atoms with van der Waals surface area (Å²) in [5, 5.41) is 18.2. The van der Waals surface area contributed by atoms with Gasteiger partial charge in [-0.3, -0.25) is 19.5 Å². The predicted molar refractivity (Wildman–Crippen MR) is 154 cm³/mol. The molecule has 216 valence electrons. The number of hydrogen-bond donors (Lipinski definition) is 5. The number of nitrogens with one attached hydrogen (secondary N) is 5.